The van der Waals surface area contributed by atoms with Crippen molar-refractivity contribution in [3.8, 4) is 23.0 Å². The van der Waals surface area contributed by atoms with Crippen LogP contribution in [-0.4, -0.2) is 38.1 Å². The minimum atomic E-state index is -0.391. The number of nitrogens with one attached hydrogen (secondary N) is 1. The molecule has 0 unspecified atom stereocenters. The van der Waals surface area contributed by atoms with Crippen LogP contribution in [0.5, 0.6) is 23.0 Å². The van der Waals surface area contributed by atoms with Gasteiger partial charge < -0.3 is 19.3 Å². The second-order valence-electron chi connectivity index (χ2n) is 5.12. The molecule has 132 valence electrons. The van der Waals surface area contributed by atoms with Crippen molar-refractivity contribution in [3.05, 3.63) is 47.5 Å². The fraction of sp³-hybridized carbons (Fsp3) is 0.222. The number of para-hydroxylation sites is 1. The SMILES string of the molecule is COc1cc(C=NNC(=O)COc2ccccc2C)cc(OC)c1O. The average molecular weight is 344 g/mol. The van der Waals surface area contributed by atoms with Crippen LogP contribution < -0.4 is 19.6 Å². The lowest BCUT2D eigenvalue weighted by molar-refractivity contribution is -0.123. The second-order valence-corrected chi connectivity index (χ2v) is 5.12. The molecule has 0 fully saturated rings. The molecule has 0 radical (unpaired) electrons. The molecule has 0 aliphatic heterocycles. The van der Waals surface area contributed by atoms with Crippen LogP contribution in [0.2, 0.25) is 0 Å². The molecule has 0 saturated heterocycles. The second kappa shape index (κ2) is 8.58. The first kappa shape index (κ1) is 18.1. The summed E-state index contributed by atoms with van der Waals surface area (Å²) in [5, 5.41) is 13.7. The van der Waals surface area contributed by atoms with E-state index in [0.717, 1.165) is 5.56 Å². The Morgan fingerprint density at radius 2 is 1.80 bits per heavy atom. The lowest BCUT2D eigenvalue weighted by Gasteiger charge is -2.09. The van der Waals surface area contributed by atoms with Gasteiger partial charge in [0.05, 0.1) is 20.4 Å². The Balaban J connectivity index is 1.94. The van der Waals surface area contributed by atoms with Crippen molar-refractivity contribution in [1.29, 1.82) is 0 Å². The number of hydrogen-bond acceptors (Lipinski definition) is 6. The zero-order valence-electron chi connectivity index (χ0n) is 14.3. The first-order valence-electron chi connectivity index (χ1n) is 7.50. The Morgan fingerprint density at radius 3 is 2.40 bits per heavy atom. The third-order valence-electron chi connectivity index (χ3n) is 3.36. The largest absolute Gasteiger partial charge is 0.502 e. The molecule has 2 N–H and O–H groups in total. The molecule has 0 heterocycles. The first-order chi connectivity index (χ1) is 12.0. The fourth-order valence-corrected chi connectivity index (χ4v) is 2.06. The van der Waals surface area contributed by atoms with Gasteiger partial charge in [-0.2, -0.15) is 5.10 Å². The van der Waals surface area contributed by atoms with Crippen LogP contribution in [0, 0.1) is 6.92 Å². The molecular weight excluding hydrogens is 324 g/mol. The molecule has 0 spiro atoms. The van der Waals surface area contributed by atoms with Gasteiger partial charge in [-0.05, 0) is 30.7 Å². The molecule has 2 rings (SSSR count). The predicted molar refractivity (Wildman–Crippen MR) is 93.6 cm³/mol. The molecule has 2 aromatic carbocycles. The number of ether oxygens (including phenoxy) is 3. The van der Waals surface area contributed by atoms with Crippen molar-refractivity contribution in [2.45, 2.75) is 6.92 Å². The van der Waals surface area contributed by atoms with Gasteiger partial charge >= 0.3 is 0 Å². The highest BCUT2D eigenvalue weighted by molar-refractivity contribution is 5.84. The van der Waals surface area contributed by atoms with E-state index in [2.05, 4.69) is 10.5 Å². The molecular formula is C18H20N2O5. The number of phenols is 1. The third kappa shape index (κ3) is 4.87. The minimum absolute atomic E-state index is 0.0992. The summed E-state index contributed by atoms with van der Waals surface area (Å²) in [6, 6.07) is 10.6. The molecule has 7 nitrogen and oxygen atoms in total. The Bertz CT molecular complexity index is 749. The maximum atomic E-state index is 11.8. The summed E-state index contributed by atoms with van der Waals surface area (Å²) in [6.45, 7) is 1.75. The highest BCUT2D eigenvalue weighted by atomic mass is 16.5. The fourth-order valence-electron chi connectivity index (χ4n) is 2.06. The standard InChI is InChI=1S/C18H20N2O5/c1-12-6-4-5-7-14(12)25-11-17(21)20-19-10-13-8-15(23-2)18(22)16(9-13)24-3/h4-10,22H,11H2,1-3H3,(H,20,21). The monoisotopic (exact) mass is 344 g/mol. The van der Waals surface area contributed by atoms with Gasteiger partial charge in [0.2, 0.25) is 5.75 Å². The quantitative estimate of drug-likeness (QED) is 0.594. The number of hydrazone groups is 1. The highest BCUT2D eigenvalue weighted by Gasteiger charge is 2.10. The van der Waals surface area contributed by atoms with Gasteiger partial charge in [-0.15, -0.1) is 0 Å². The lowest BCUT2D eigenvalue weighted by Crippen LogP contribution is -2.24. The Labute approximate surface area is 145 Å². The summed E-state index contributed by atoms with van der Waals surface area (Å²) < 4.78 is 15.5. The average Bonchev–Trinajstić information content (AvgIpc) is 2.62. The number of benzene rings is 2. The van der Waals surface area contributed by atoms with Crippen LogP contribution in [-0.2, 0) is 4.79 Å². The highest BCUT2D eigenvalue weighted by Crippen LogP contribution is 2.36. The molecule has 7 heteroatoms. The van der Waals surface area contributed by atoms with Crippen molar-refractivity contribution < 1.29 is 24.1 Å². The van der Waals surface area contributed by atoms with E-state index >= 15 is 0 Å². The van der Waals surface area contributed by atoms with E-state index in [0.29, 0.717) is 11.3 Å². The Kier molecular flexibility index (Phi) is 6.22. The molecule has 0 saturated carbocycles. The summed E-state index contributed by atoms with van der Waals surface area (Å²) in [4.78, 5) is 11.8. The Hall–Kier alpha value is -3.22. The number of rotatable bonds is 7. The van der Waals surface area contributed by atoms with E-state index in [1.165, 1.54) is 20.4 Å². The Morgan fingerprint density at radius 1 is 1.16 bits per heavy atom. The van der Waals surface area contributed by atoms with E-state index in [-0.39, 0.29) is 23.9 Å². The van der Waals surface area contributed by atoms with Crippen LogP contribution in [0.1, 0.15) is 11.1 Å². The van der Waals surface area contributed by atoms with Crippen LogP contribution >= 0.6 is 0 Å². The number of methoxy groups -OCH3 is 2. The normalized spacial score (nSPS) is 10.5. The summed E-state index contributed by atoms with van der Waals surface area (Å²) in [5.41, 5.74) is 3.91. The topological polar surface area (TPSA) is 89.4 Å². The molecule has 25 heavy (non-hydrogen) atoms. The van der Waals surface area contributed by atoms with Gasteiger partial charge in [0, 0.05) is 5.56 Å². The van der Waals surface area contributed by atoms with Gasteiger partial charge in [-0.25, -0.2) is 5.43 Å². The van der Waals surface area contributed by atoms with Crippen LogP contribution in [0.15, 0.2) is 41.5 Å². The van der Waals surface area contributed by atoms with Gasteiger partial charge in [-0.1, -0.05) is 18.2 Å². The number of hydrogen-bond donors (Lipinski definition) is 2. The van der Waals surface area contributed by atoms with Crippen molar-refractivity contribution in [2.75, 3.05) is 20.8 Å². The summed E-state index contributed by atoms with van der Waals surface area (Å²) in [7, 11) is 2.86. The summed E-state index contributed by atoms with van der Waals surface area (Å²) in [5.74, 6) is 0.648. The van der Waals surface area contributed by atoms with E-state index in [4.69, 9.17) is 14.2 Å². The van der Waals surface area contributed by atoms with E-state index in [1.807, 2.05) is 25.1 Å². The van der Waals surface area contributed by atoms with Gasteiger partial charge in [0.25, 0.3) is 5.91 Å². The van der Waals surface area contributed by atoms with Gasteiger partial charge in [0.15, 0.2) is 18.1 Å². The first-order valence-corrected chi connectivity index (χ1v) is 7.50. The number of aromatic hydroxyl groups is 1. The zero-order chi connectivity index (χ0) is 18.2. The molecule has 1 amide bonds. The molecule has 0 aromatic heterocycles. The number of carbonyl (C=O) groups is 1. The van der Waals surface area contributed by atoms with E-state index in [9.17, 15) is 9.90 Å². The molecule has 0 atom stereocenters. The zero-order valence-corrected chi connectivity index (χ0v) is 14.3. The number of amides is 1. The molecule has 0 aliphatic rings. The number of phenolic OH excluding ortho intramolecular Hbond substituents is 1. The maximum absolute atomic E-state index is 11.8. The smallest absolute Gasteiger partial charge is 0.277 e. The molecule has 0 aliphatic carbocycles. The van der Waals surface area contributed by atoms with Crippen LogP contribution in [0.4, 0.5) is 0 Å². The van der Waals surface area contributed by atoms with Crippen molar-refractivity contribution in [2.24, 2.45) is 5.10 Å². The van der Waals surface area contributed by atoms with Crippen LogP contribution in [0.3, 0.4) is 0 Å². The minimum Gasteiger partial charge on any atom is -0.502 e. The van der Waals surface area contributed by atoms with E-state index in [1.54, 1.807) is 18.2 Å². The van der Waals surface area contributed by atoms with Crippen molar-refractivity contribution in [1.82, 2.24) is 5.43 Å². The summed E-state index contributed by atoms with van der Waals surface area (Å²) >= 11 is 0. The van der Waals surface area contributed by atoms with Crippen molar-refractivity contribution in [3.63, 3.8) is 0 Å². The number of aryl methyl sites for hydroxylation is 1. The van der Waals surface area contributed by atoms with Crippen LogP contribution in [0.25, 0.3) is 0 Å². The van der Waals surface area contributed by atoms with Gasteiger partial charge in [0.1, 0.15) is 5.75 Å². The molecule has 2 aromatic rings. The summed E-state index contributed by atoms with van der Waals surface area (Å²) in [6.07, 6.45) is 1.41. The third-order valence-corrected chi connectivity index (χ3v) is 3.36. The van der Waals surface area contributed by atoms with Crippen molar-refractivity contribution >= 4 is 12.1 Å². The maximum Gasteiger partial charge on any atom is 0.277 e. The van der Waals surface area contributed by atoms with Gasteiger partial charge in [-0.3, -0.25) is 4.79 Å². The lowest BCUT2D eigenvalue weighted by atomic mass is 10.2. The van der Waals surface area contributed by atoms with E-state index < -0.39 is 5.91 Å². The predicted octanol–water partition coefficient (Wildman–Crippen LogP) is 2.25. The number of nitrogens with zero attached hydrogens (tertiary/aromatic N) is 1. The number of carbonyl (C=O) groups excluding carboxylic acids is 1. The molecule has 0 bridgehead atoms.